The average molecular weight is 306 g/mol. The lowest BCUT2D eigenvalue weighted by Gasteiger charge is -2.10. The summed E-state index contributed by atoms with van der Waals surface area (Å²) < 4.78 is 4.70. The monoisotopic (exact) mass is 306 g/mol. The Kier molecular flexibility index (Phi) is 4.24. The van der Waals surface area contributed by atoms with Gasteiger partial charge in [0, 0.05) is 23.8 Å². The molecule has 0 unspecified atom stereocenters. The van der Waals surface area contributed by atoms with Crippen LogP contribution in [0.3, 0.4) is 0 Å². The molecule has 4 nitrogen and oxygen atoms in total. The van der Waals surface area contributed by atoms with Crippen molar-refractivity contribution in [2.24, 2.45) is 0 Å². The van der Waals surface area contributed by atoms with Crippen LogP contribution in [0.2, 0.25) is 0 Å². The SMILES string of the molecule is COC(=O)c1ccc(CNc2ccnc3ccc(C)cc23)cc1. The summed E-state index contributed by atoms with van der Waals surface area (Å²) in [6, 6.07) is 15.6. The van der Waals surface area contributed by atoms with Gasteiger partial charge in [0.15, 0.2) is 0 Å². The van der Waals surface area contributed by atoms with Crippen LogP contribution in [0.4, 0.5) is 5.69 Å². The molecule has 3 aromatic rings. The first-order chi connectivity index (χ1) is 11.2. The third-order valence-corrected chi connectivity index (χ3v) is 3.76. The highest BCUT2D eigenvalue weighted by Crippen LogP contribution is 2.23. The molecule has 0 atom stereocenters. The van der Waals surface area contributed by atoms with E-state index in [1.54, 1.807) is 18.3 Å². The number of pyridine rings is 1. The van der Waals surface area contributed by atoms with E-state index in [1.165, 1.54) is 12.7 Å². The summed E-state index contributed by atoms with van der Waals surface area (Å²) in [5, 5.41) is 4.55. The summed E-state index contributed by atoms with van der Waals surface area (Å²) in [5.74, 6) is -0.319. The van der Waals surface area contributed by atoms with Gasteiger partial charge in [-0.2, -0.15) is 0 Å². The Labute approximate surface area is 135 Å². The lowest BCUT2D eigenvalue weighted by molar-refractivity contribution is 0.0600. The van der Waals surface area contributed by atoms with Crippen LogP contribution in [0.5, 0.6) is 0 Å². The second kappa shape index (κ2) is 6.48. The predicted octanol–water partition coefficient (Wildman–Crippen LogP) is 3.94. The lowest BCUT2D eigenvalue weighted by atomic mass is 10.1. The molecule has 0 aliphatic carbocycles. The molecule has 0 saturated carbocycles. The first-order valence-electron chi connectivity index (χ1n) is 7.44. The average Bonchev–Trinajstić information content (AvgIpc) is 2.59. The highest BCUT2D eigenvalue weighted by Gasteiger charge is 2.05. The summed E-state index contributed by atoms with van der Waals surface area (Å²) >= 11 is 0. The molecule has 0 radical (unpaired) electrons. The van der Waals surface area contributed by atoms with E-state index >= 15 is 0 Å². The Balaban J connectivity index is 1.78. The van der Waals surface area contributed by atoms with Crippen molar-refractivity contribution in [1.82, 2.24) is 4.98 Å². The number of nitrogens with one attached hydrogen (secondary N) is 1. The second-order valence-electron chi connectivity index (χ2n) is 5.42. The zero-order valence-corrected chi connectivity index (χ0v) is 13.2. The summed E-state index contributed by atoms with van der Waals surface area (Å²) in [4.78, 5) is 15.8. The van der Waals surface area contributed by atoms with E-state index in [2.05, 4.69) is 29.4 Å². The zero-order chi connectivity index (χ0) is 16.2. The summed E-state index contributed by atoms with van der Waals surface area (Å²) in [6.45, 7) is 2.75. The third kappa shape index (κ3) is 3.31. The maximum atomic E-state index is 11.4. The van der Waals surface area contributed by atoms with Crippen molar-refractivity contribution in [2.75, 3.05) is 12.4 Å². The Morgan fingerprint density at radius 1 is 1.13 bits per heavy atom. The molecular formula is C19H18N2O2. The van der Waals surface area contributed by atoms with Crippen LogP contribution >= 0.6 is 0 Å². The molecule has 116 valence electrons. The van der Waals surface area contributed by atoms with Gasteiger partial charge in [-0.25, -0.2) is 4.79 Å². The normalized spacial score (nSPS) is 10.5. The minimum atomic E-state index is -0.319. The first-order valence-corrected chi connectivity index (χ1v) is 7.44. The van der Waals surface area contributed by atoms with E-state index in [9.17, 15) is 4.79 Å². The maximum Gasteiger partial charge on any atom is 0.337 e. The van der Waals surface area contributed by atoms with E-state index in [4.69, 9.17) is 4.74 Å². The summed E-state index contributed by atoms with van der Waals surface area (Å²) in [7, 11) is 1.38. The Morgan fingerprint density at radius 3 is 2.65 bits per heavy atom. The smallest absolute Gasteiger partial charge is 0.337 e. The van der Waals surface area contributed by atoms with E-state index in [0.29, 0.717) is 12.1 Å². The van der Waals surface area contributed by atoms with E-state index in [1.807, 2.05) is 24.3 Å². The van der Waals surface area contributed by atoms with Gasteiger partial charge in [-0.05, 0) is 42.8 Å². The molecule has 3 rings (SSSR count). The number of fused-ring (bicyclic) bond motifs is 1. The predicted molar refractivity (Wildman–Crippen MR) is 91.6 cm³/mol. The van der Waals surface area contributed by atoms with Crippen LogP contribution in [0.25, 0.3) is 10.9 Å². The quantitative estimate of drug-likeness (QED) is 0.742. The molecule has 0 fully saturated rings. The Morgan fingerprint density at radius 2 is 1.91 bits per heavy atom. The van der Waals surface area contributed by atoms with Crippen molar-refractivity contribution in [2.45, 2.75) is 13.5 Å². The Hall–Kier alpha value is -2.88. The van der Waals surface area contributed by atoms with Crippen LogP contribution in [0, 0.1) is 6.92 Å². The Bertz CT molecular complexity index is 842. The van der Waals surface area contributed by atoms with E-state index < -0.39 is 0 Å². The number of anilines is 1. The number of nitrogens with zero attached hydrogens (tertiary/aromatic N) is 1. The molecule has 2 aromatic carbocycles. The number of ether oxygens (including phenoxy) is 1. The van der Waals surface area contributed by atoms with Gasteiger partial charge in [-0.15, -0.1) is 0 Å². The van der Waals surface area contributed by atoms with Crippen LogP contribution in [0.15, 0.2) is 54.7 Å². The third-order valence-electron chi connectivity index (χ3n) is 3.76. The fraction of sp³-hybridized carbons (Fsp3) is 0.158. The molecule has 0 aliphatic rings. The molecule has 4 heteroatoms. The van der Waals surface area contributed by atoms with Crippen LogP contribution in [0.1, 0.15) is 21.5 Å². The molecule has 0 spiro atoms. The van der Waals surface area contributed by atoms with Crippen molar-refractivity contribution in [1.29, 1.82) is 0 Å². The van der Waals surface area contributed by atoms with Crippen molar-refractivity contribution in [3.63, 3.8) is 0 Å². The maximum absolute atomic E-state index is 11.4. The minimum Gasteiger partial charge on any atom is -0.465 e. The van der Waals surface area contributed by atoms with Gasteiger partial charge >= 0.3 is 5.97 Å². The van der Waals surface area contributed by atoms with Crippen molar-refractivity contribution in [3.05, 3.63) is 71.4 Å². The highest BCUT2D eigenvalue weighted by atomic mass is 16.5. The number of hydrogen-bond donors (Lipinski definition) is 1. The molecular weight excluding hydrogens is 288 g/mol. The molecule has 1 heterocycles. The molecule has 0 saturated heterocycles. The molecule has 0 amide bonds. The number of aromatic nitrogens is 1. The van der Waals surface area contributed by atoms with Gasteiger partial charge in [-0.3, -0.25) is 4.98 Å². The number of carbonyl (C=O) groups excluding carboxylic acids is 1. The standard InChI is InChI=1S/C19H18N2O2/c1-13-3-8-17-16(11-13)18(9-10-20-17)21-12-14-4-6-15(7-5-14)19(22)23-2/h3-11H,12H2,1-2H3,(H,20,21). The van der Waals surface area contributed by atoms with Gasteiger partial charge in [0.25, 0.3) is 0 Å². The topological polar surface area (TPSA) is 51.2 Å². The van der Waals surface area contributed by atoms with E-state index in [-0.39, 0.29) is 5.97 Å². The van der Waals surface area contributed by atoms with Gasteiger partial charge in [0.1, 0.15) is 0 Å². The minimum absolute atomic E-state index is 0.319. The molecule has 0 aliphatic heterocycles. The number of benzene rings is 2. The van der Waals surface area contributed by atoms with Gasteiger partial charge in [0.2, 0.25) is 0 Å². The van der Waals surface area contributed by atoms with Gasteiger partial charge < -0.3 is 10.1 Å². The van der Waals surface area contributed by atoms with Gasteiger partial charge in [-0.1, -0.05) is 23.8 Å². The molecule has 0 bridgehead atoms. The van der Waals surface area contributed by atoms with Crippen LogP contribution < -0.4 is 5.32 Å². The van der Waals surface area contributed by atoms with Crippen LogP contribution in [-0.4, -0.2) is 18.1 Å². The lowest BCUT2D eigenvalue weighted by Crippen LogP contribution is -2.03. The highest BCUT2D eigenvalue weighted by molar-refractivity contribution is 5.91. The van der Waals surface area contributed by atoms with Crippen molar-refractivity contribution in [3.8, 4) is 0 Å². The van der Waals surface area contributed by atoms with Crippen molar-refractivity contribution < 1.29 is 9.53 Å². The summed E-state index contributed by atoms with van der Waals surface area (Å²) in [6.07, 6.45) is 1.81. The summed E-state index contributed by atoms with van der Waals surface area (Å²) in [5.41, 5.74) is 4.88. The largest absolute Gasteiger partial charge is 0.465 e. The van der Waals surface area contributed by atoms with E-state index in [0.717, 1.165) is 22.2 Å². The molecule has 1 N–H and O–H groups in total. The van der Waals surface area contributed by atoms with Crippen LogP contribution in [-0.2, 0) is 11.3 Å². The van der Waals surface area contributed by atoms with Gasteiger partial charge in [0.05, 0.1) is 18.2 Å². The number of aryl methyl sites for hydroxylation is 1. The number of esters is 1. The first kappa shape index (κ1) is 15.0. The zero-order valence-electron chi connectivity index (χ0n) is 13.2. The number of methoxy groups -OCH3 is 1. The second-order valence-corrected chi connectivity index (χ2v) is 5.42. The molecule has 1 aromatic heterocycles. The molecule has 23 heavy (non-hydrogen) atoms. The fourth-order valence-corrected chi connectivity index (χ4v) is 2.49. The number of carbonyl (C=O) groups is 1. The number of hydrogen-bond acceptors (Lipinski definition) is 4. The number of rotatable bonds is 4. The fourth-order valence-electron chi connectivity index (χ4n) is 2.49. The van der Waals surface area contributed by atoms with Crippen molar-refractivity contribution >= 4 is 22.6 Å².